The van der Waals surface area contributed by atoms with Gasteiger partial charge in [0.2, 0.25) is 0 Å². The number of carbonyl (C=O) groups excluding carboxylic acids is 2. The maximum Gasteiger partial charge on any atom is 0.264 e. The highest BCUT2D eigenvalue weighted by molar-refractivity contribution is 7.14. The molecule has 0 saturated heterocycles. The van der Waals surface area contributed by atoms with Crippen molar-refractivity contribution in [3.63, 3.8) is 0 Å². The predicted octanol–water partition coefficient (Wildman–Crippen LogP) is 3.43. The minimum Gasteiger partial charge on any atom is -0.484 e. The van der Waals surface area contributed by atoms with Gasteiger partial charge in [-0.2, -0.15) is 0 Å². The lowest BCUT2D eigenvalue weighted by atomic mass is 10.1. The lowest BCUT2D eigenvalue weighted by molar-refractivity contribution is -0.118. The number of aromatic nitrogens is 2. The number of anilines is 1. The smallest absolute Gasteiger partial charge is 0.264 e. The molecule has 2 heterocycles. The van der Waals surface area contributed by atoms with E-state index in [0.717, 1.165) is 5.69 Å². The van der Waals surface area contributed by atoms with E-state index in [-0.39, 0.29) is 18.3 Å². The van der Waals surface area contributed by atoms with Gasteiger partial charge in [0.05, 0.1) is 5.69 Å². The van der Waals surface area contributed by atoms with E-state index in [4.69, 9.17) is 4.74 Å². The van der Waals surface area contributed by atoms with Gasteiger partial charge in [0.15, 0.2) is 17.5 Å². The van der Waals surface area contributed by atoms with Crippen molar-refractivity contribution in [3.8, 4) is 17.1 Å². The van der Waals surface area contributed by atoms with Gasteiger partial charge < -0.3 is 4.74 Å². The van der Waals surface area contributed by atoms with Crippen molar-refractivity contribution < 1.29 is 14.3 Å². The maximum atomic E-state index is 12.0. The third-order valence-corrected chi connectivity index (χ3v) is 4.07. The lowest BCUT2D eigenvalue weighted by Crippen LogP contribution is -2.20. The Balaban J connectivity index is 1.54. The van der Waals surface area contributed by atoms with Crippen LogP contribution in [0, 0.1) is 0 Å². The molecule has 0 aliphatic carbocycles. The van der Waals surface area contributed by atoms with Crippen LogP contribution in [0.25, 0.3) is 11.4 Å². The molecule has 0 aliphatic heterocycles. The summed E-state index contributed by atoms with van der Waals surface area (Å²) in [6.45, 7) is 1.36. The molecule has 0 saturated carbocycles. The zero-order valence-electron chi connectivity index (χ0n) is 13.4. The summed E-state index contributed by atoms with van der Waals surface area (Å²) in [5.41, 5.74) is 2.06. The van der Waals surface area contributed by atoms with Crippen LogP contribution in [0.15, 0.2) is 54.0 Å². The quantitative estimate of drug-likeness (QED) is 0.687. The third kappa shape index (κ3) is 4.48. The highest BCUT2D eigenvalue weighted by Crippen LogP contribution is 2.23. The molecular formula is C18H15N3O3S. The van der Waals surface area contributed by atoms with Crippen molar-refractivity contribution in [2.24, 2.45) is 0 Å². The normalized spacial score (nSPS) is 10.3. The van der Waals surface area contributed by atoms with E-state index >= 15 is 0 Å². The zero-order chi connectivity index (χ0) is 17.6. The summed E-state index contributed by atoms with van der Waals surface area (Å²) < 4.78 is 5.41. The van der Waals surface area contributed by atoms with Crippen LogP contribution in [0.3, 0.4) is 0 Å². The molecule has 6 nitrogen and oxygen atoms in total. The van der Waals surface area contributed by atoms with Gasteiger partial charge in [0.1, 0.15) is 11.4 Å². The van der Waals surface area contributed by atoms with Crippen LogP contribution in [-0.2, 0) is 4.79 Å². The van der Waals surface area contributed by atoms with Crippen molar-refractivity contribution >= 4 is 28.2 Å². The van der Waals surface area contributed by atoms with Crippen LogP contribution in [0.2, 0.25) is 0 Å². The first-order valence-electron chi connectivity index (χ1n) is 7.52. The molecule has 0 atom stereocenters. The van der Waals surface area contributed by atoms with Gasteiger partial charge in [0, 0.05) is 17.1 Å². The minimum absolute atomic E-state index is 0.0169. The summed E-state index contributed by atoms with van der Waals surface area (Å²) >= 11 is 1.32. The number of ketones is 1. The molecule has 1 aromatic carbocycles. The van der Waals surface area contributed by atoms with E-state index < -0.39 is 0 Å². The van der Waals surface area contributed by atoms with E-state index in [0.29, 0.717) is 22.1 Å². The molecule has 0 bridgehead atoms. The van der Waals surface area contributed by atoms with Gasteiger partial charge in [-0.05, 0) is 43.3 Å². The van der Waals surface area contributed by atoms with Crippen molar-refractivity contribution in [2.45, 2.75) is 6.92 Å². The van der Waals surface area contributed by atoms with Crippen LogP contribution < -0.4 is 10.1 Å². The van der Waals surface area contributed by atoms with Gasteiger partial charge >= 0.3 is 0 Å². The number of pyridine rings is 1. The summed E-state index contributed by atoms with van der Waals surface area (Å²) in [6, 6.07) is 12.2. The Kier molecular flexibility index (Phi) is 5.15. The van der Waals surface area contributed by atoms with E-state index in [1.807, 2.05) is 23.6 Å². The summed E-state index contributed by atoms with van der Waals surface area (Å²) in [7, 11) is 0. The van der Waals surface area contributed by atoms with E-state index in [2.05, 4.69) is 15.3 Å². The predicted molar refractivity (Wildman–Crippen MR) is 95.9 cm³/mol. The second-order valence-electron chi connectivity index (χ2n) is 5.17. The minimum atomic E-state index is -0.308. The van der Waals surface area contributed by atoms with Crippen LogP contribution in [-0.4, -0.2) is 28.3 Å². The number of amides is 1. The monoisotopic (exact) mass is 353 g/mol. The Morgan fingerprint density at radius 3 is 2.60 bits per heavy atom. The van der Waals surface area contributed by atoms with Gasteiger partial charge in [0.25, 0.3) is 5.91 Å². The fraction of sp³-hybridized carbons (Fsp3) is 0.111. The summed E-state index contributed by atoms with van der Waals surface area (Å²) in [6.07, 6.45) is 1.69. The first-order chi connectivity index (χ1) is 12.1. The molecule has 0 fully saturated rings. The number of nitrogens with one attached hydrogen (secondary N) is 1. The molecule has 3 rings (SSSR count). The molecule has 0 spiro atoms. The van der Waals surface area contributed by atoms with Crippen molar-refractivity contribution in [1.29, 1.82) is 0 Å². The Hall–Kier alpha value is -3.06. The average molecular weight is 353 g/mol. The highest BCUT2D eigenvalue weighted by atomic mass is 32.1. The molecule has 1 N–H and O–H groups in total. The number of hydrogen-bond donors (Lipinski definition) is 1. The van der Waals surface area contributed by atoms with Crippen molar-refractivity contribution in [3.05, 3.63) is 59.6 Å². The number of rotatable bonds is 6. The van der Waals surface area contributed by atoms with Gasteiger partial charge in [-0.25, -0.2) is 4.98 Å². The van der Waals surface area contributed by atoms with E-state index in [9.17, 15) is 9.59 Å². The molecule has 0 radical (unpaired) electrons. The molecule has 1 amide bonds. The number of hydrogen-bond acceptors (Lipinski definition) is 6. The van der Waals surface area contributed by atoms with Crippen molar-refractivity contribution in [2.75, 3.05) is 11.9 Å². The number of benzene rings is 1. The molecule has 3 aromatic rings. The topological polar surface area (TPSA) is 81.2 Å². The summed E-state index contributed by atoms with van der Waals surface area (Å²) in [5.74, 6) is 0.197. The standard InChI is InChI=1S/C18H15N3O3S/c1-12(22)13-5-7-14(8-6-13)24-10-17(23)21-18-20-16(11-25-18)15-4-2-3-9-19-15/h2-9,11H,10H2,1H3,(H,20,21,23). The number of carbonyl (C=O) groups is 2. The molecule has 2 aromatic heterocycles. The fourth-order valence-electron chi connectivity index (χ4n) is 2.05. The van der Waals surface area contributed by atoms with E-state index in [1.54, 1.807) is 30.5 Å². The average Bonchev–Trinajstić information content (AvgIpc) is 3.09. The zero-order valence-corrected chi connectivity index (χ0v) is 14.2. The lowest BCUT2D eigenvalue weighted by Gasteiger charge is -2.06. The second-order valence-corrected chi connectivity index (χ2v) is 6.03. The summed E-state index contributed by atoms with van der Waals surface area (Å²) in [4.78, 5) is 31.7. The SMILES string of the molecule is CC(=O)c1ccc(OCC(=O)Nc2nc(-c3ccccn3)cs2)cc1. The van der Waals surface area contributed by atoms with Crippen molar-refractivity contribution in [1.82, 2.24) is 9.97 Å². The van der Waals surface area contributed by atoms with Crippen LogP contribution in [0.1, 0.15) is 17.3 Å². The van der Waals surface area contributed by atoms with Gasteiger partial charge in [-0.15, -0.1) is 11.3 Å². The van der Waals surface area contributed by atoms with Gasteiger partial charge in [-0.3, -0.25) is 19.9 Å². The molecule has 25 heavy (non-hydrogen) atoms. The Labute approximate surface area is 148 Å². The Morgan fingerprint density at radius 2 is 1.92 bits per heavy atom. The summed E-state index contributed by atoms with van der Waals surface area (Å²) in [5, 5.41) is 5.01. The molecular weight excluding hydrogens is 338 g/mol. The van der Waals surface area contributed by atoms with Crippen LogP contribution >= 0.6 is 11.3 Å². The third-order valence-electron chi connectivity index (χ3n) is 3.31. The first-order valence-corrected chi connectivity index (χ1v) is 8.40. The number of nitrogens with zero attached hydrogens (tertiary/aromatic N) is 2. The largest absolute Gasteiger partial charge is 0.484 e. The molecule has 7 heteroatoms. The molecule has 126 valence electrons. The molecule has 0 unspecified atom stereocenters. The number of Topliss-reactive ketones (excluding diaryl/α,β-unsaturated/α-hetero) is 1. The van der Waals surface area contributed by atoms with E-state index in [1.165, 1.54) is 18.3 Å². The van der Waals surface area contributed by atoms with Crippen LogP contribution in [0.5, 0.6) is 5.75 Å². The number of ether oxygens (including phenoxy) is 1. The fourth-order valence-corrected chi connectivity index (χ4v) is 2.77. The molecule has 0 aliphatic rings. The first kappa shape index (κ1) is 16.8. The van der Waals surface area contributed by atoms with Crippen LogP contribution in [0.4, 0.5) is 5.13 Å². The Bertz CT molecular complexity index is 876. The second kappa shape index (κ2) is 7.67. The maximum absolute atomic E-state index is 12.0. The number of thiazole rings is 1. The Morgan fingerprint density at radius 1 is 1.12 bits per heavy atom. The van der Waals surface area contributed by atoms with Gasteiger partial charge in [-0.1, -0.05) is 6.07 Å². The highest BCUT2D eigenvalue weighted by Gasteiger charge is 2.09.